The van der Waals surface area contributed by atoms with Gasteiger partial charge in [-0.05, 0) is 24.6 Å². The highest BCUT2D eigenvalue weighted by molar-refractivity contribution is 5.92. The van der Waals surface area contributed by atoms with Crippen molar-refractivity contribution in [2.24, 2.45) is 0 Å². The topological polar surface area (TPSA) is 68.6 Å². The fourth-order valence-corrected chi connectivity index (χ4v) is 3.51. The molecule has 1 fully saturated rings. The van der Waals surface area contributed by atoms with Gasteiger partial charge in [-0.15, -0.1) is 0 Å². The van der Waals surface area contributed by atoms with Crippen LogP contribution in [-0.2, 0) is 16.1 Å². The van der Waals surface area contributed by atoms with E-state index in [2.05, 4.69) is 22.3 Å². The molecular weight excluding hydrogens is 380 g/mol. The minimum atomic E-state index is -0.155. The summed E-state index contributed by atoms with van der Waals surface area (Å²) in [6.07, 6.45) is 1.94. The molecule has 1 aliphatic rings. The highest BCUT2D eigenvalue weighted by Gasteiger charge is 2.20. The van der Waals surface area contributed by atoms with Crippen LogP contribution in [0.2, 0.25) is 0 Å². The second kappa shape index (κ2) is 9.45. The van der Waals surface area contributed by atoms with Crippen LogP contribution in [0.5, 0.6) is 5.75 Å². The monoisotopic (exact) mass is 406 g/mol. The molecule has 156 valence electrons. The number of morpholine rings is 1. The third-order valence-electron chi connectivity index (χ3n) is 4.90. The summed E-state index contributed by atoms with van der Waals surface area (Å²) in [4.78, 5) is 14.9. The van der Waals surface area contributed by atoms with Gasteiger partial charge in [0.15, 0.2) is 5.82 Å². The Hall–Kier alpha value is -3.32. The van der Waals surface area contributed by atoms with E-state index in [1.54, 1.807) is 4.68 Å². The van der Waals surface area contributed by atoms with Gasteiger partial charge in [0, 0.05) is 24.8 Å². The van der Waals surface area contributed by atoms with E-state index < -0.39 is 0 Å². The lowest BCUT2D eigenvalue weighted by Crippen LogP contribution is -2.36. The third kappa shape index (κ3) is 4.63. The highest BCUT2D eigenvalue weighted by Crippen LogP contribution is 2.30. The van der Waals surface area contributed by atoms with Crippen LogP contribution in [0.25, 0.3) is 11.1 Å². The largest absolute Gasteiger partial charge is 0.492 e. The summed E-state index contributed by atoms with van der Waals surface area (Å²) in [6.45, 7) is 5.49. The van der Waals surface area contributed by atoms with Crippen LogP contribution in [0.4, 0.5) is 11.5 Å². The highest BCUT2D eigenvalue weighted by atomic mass is 16.5. The smallest absolute Gasteiger partial charge is 0.246 e. The number of nitrogens with one attached hydrogen (secondary N) is 1. The molecule has 7 heteroatoms. The van der Waals surface area contributed by atoms with E-state index in [1.807, 2.05) is 55.6 Å². The minimum absolute atomic E-state index is 0.116. The van der Waals surface area contributed by atoms with Crippen molar-refractivity contribution in [2.75, 3.05) is 43.1 Å². The van der Waals surface area contributed by atoms with Gasteiger partial charge < -0.3 is 19.7 Å². The molecule has 0 atom stereocenters. The van der Waals surface area contributed by atoms with Crippen LogP contribution < -0.4 is 15.0 Å². The molecule has 0 radical (unpaired) electrons. The average molecular weight is 406 g/mol. The number of rotatable bonds is 7. The second-order valence-electron chi connectivity index (χ2n) is 7.01. The Balaban J connectivity index is 1.55. The Morgan fingerprint density at radius 2 is 1.83 bits per heavy atom. The van der Waals surface area contributed by atoms with Gasteiger partial charge >= 0.3 is 0 Å². The van der Waals surface area contributed by atoms with E-state index in [4.69, 9.17) is 14.6 Å². The van der Waals surface area contributed by atoms with Crippen LogP contribution in [0.3, 0.4) is 0 Å². The maximum absolute atomic E-state index is 12.7. The molecule has 1 amide bonds. The van der Waals surface area contributed by atoms with Gasteiger partial charge in [0.25, 0.3) is 0 Å². The van der Waals surface area contributed by atoms with E-state index in [9.17, 15) is 4.79 Å². The molecule has 2 heterocycles. The van der Waals surface area contributed by atoms with Gasteiger partial charge in [0.2, 0.25) is 5.91 Å². The number of aromatic nitrogens is 2. The van der Waals surface area contributed by atoms with E-state index in [-0.39, 0.29) is 12.5 Å². The first-order chi connectivity index (χ1) is 14.7. The SMILES string of the molecule is CCOc1ccccc1NC(=O)Cn1cc(-c2ccccc2)c(N2CCOCC2)n1. The molecule has 0 bridgehead atoms. The fourth-order valence-electron chi connectivity index (χ4n) is 3.51. The molecular formula is C23H26N4O3. The Morgan fingerprint density at radius 1 is 1.10 bits per heavy atom. The average Bonchev–Trinajstić information content (AvgIpc) is 3.20. The molecule has 0 spiro atoms. The predicted molar refractivity (Wildman–Crippen MR) is 117 cm³/mol. The predicted octanol–water partition coefficient (Wildman–Crippen LogP) is 3.42. The number of hydrogen-bond donors (Lipinski definition) is 1. The summed E-state index contributed by atoms with van der Waals surface area (Å²) in [6, 6.07) is 17.6. The molecule has 0 aliphatic carbocycles. The van der Waals surface area contributed by atoms with Gasteiger partial charge in [0.1, 0.15) is 12.3 Å². The Kier molecular flexibility index (Phi) is 6.29. The number of hydrogen-bond acceptors (Lipinski definition) is 5. The lowest BCUT2D eigenvalue weighted by Gasteiger charge is -2.27. The van der Waals surface area contributed by atoms with Crippen LogP contribution in [0, 0.1) is 0 Å². The molecule has 7 nitrogen and oxygen atoms in total. The Morgan fingerprint density at radius 3 is 2.60 bits per heavy atom. The molecule has 1 N–H and O–H groups in total. The van der Waals surface area contributed by atoms with Crippen molar-refractivity contribution in [3.05, 3.63) is 60.8 Å². The number of carbonyl (C=O) groups excluding carboxylic acids is 1. The molecule has 3 aromatic rings. The second-order valence-corrected chi connectivity index (χ2v) is 7.01. The van der Waals surface area contributed by atoms with E-state index in [1.165, 1.54) is 0 Å². The zero-order valence-corrected chi connectivity index (χ0v) is 17.1. The van der Waals surface area contributed by atoms with E-state index in [0.29, 0.717) is 31.3 Å². The molecule has 2 aromatic carbocycles. The lowest BCUT2D eigenvalue weighted by atomic mass is 10.1. The number of ether oxygens (including phenoxy) is 2. The van der Waals surface area contributed by atoms with Crippen molar-refractivity contribution in [3.8, 4) is 16.9 Å². The zero-order valence-electron chi connectivity index (χ0n) is 17.1. The van der Waals surface area contributed by atoms with Crippen molar-refractivity contribution >= 4 is 17.4 Å². The third-order valence-corrected chi connectivity index (χ3v) is 4.90. The summed E-state index contributed by atoms with van der Waals surface area (Å²) >= 11 is 0. The Labute approximate surface area is 176 Å². The fraction of sp³-hybridized carbons (Fsp3) is 0.304. The molecule has 1 aromatic heterocycles. The first-order valence-corrected chi connectivity index (χ1v) is 10.2. The summed E-state index contributed by atoms with van der Waals surface area (Å²) in [5.41, 5.74) is 2.75. The van der Waals surface area contributed by atoms with Crippen LogP contribution in [0.1, 0.15) is 6.92 Å². The number of benzene rings is 2. The van der Waals surface area contributed by atoms with Crippen LogP contribution in [0.15, 0.2) is 60.8 Å². The summed E-state index contributed by atoms with van der Waals surface area (Å²) in [7, 11) is 0. The first-order valence-electron chi connectivity index (χ1n) is 10.2. The number of anilines is 2. The molecule has 1 saturated heterocycles. The molecule has 0 unspecified atom stereocenters. The van der Waals surface area contributed by atoms with Gasteiger partial charge in [0.05, 0.1) is 25.5 Å². The van der Waals surface area contributed by atoms with E-state index >= 15 is 0 Å². The number of para-hydroxylation sites is 2. The van der Waals surface area contributed by atoms with Gasteiger partial charge in [-0.2, -0.15) is 5.10 Å². The zero-order chi connectivity index (χ0) is 20.8. The van der Waals surface area contributed by atoms with Crippen molar-refractivity contribution in [1.82, 2.24) is 9.78 Å². The van der Waals surface area contributed by atoms with Crippen molar-refractivity contribution in [2.45, 2.75) is 13.5 Å². The normalized spacial score (nSPS) is 13.8. The molecule has 0 saturated carbocycles. The van der Waals surface area contributed by atoms with Gasteiger partial charge in [-0.1, -0.05) is 42.5 Å². The maximum Gasteiger partial charge on any atom is 0.246 e. The summed E-state index contributed by atoms with van der Waals surface area (Å²) < 4.78 is 12.8. The van der Waals surface area contributed by atoms with Crippen molar-refractivity contribution in [1.29, 1.82) is 0 Å². The number of nitrogens with zero attached hydrogens (tertiary/aromatic N) is 3. The molecule has 30 heavy (non-hydrogen) atoms. The van der Waals surface area contributed by atoms with Crippen molar-refractivity contribution < 1.29 is 14.3 Å². The van der Waals surface area contributed by atoms with E-state index in [0.717, 1.165) is 30.0 Å². The number of carbonyl (C=O) groups is 1. The van der Waals surface area contributed by atoms with Gasteiger partial charge in [-0.25, -0.2) is 0 Å². The summed E-state index contributed by atoms with van der Waals surface area (Å²) in [5.74, 6) is 1.39. The quantitative estimate of drug-likeness (QED) is 0.651. The summed E-state index contributed by atoms with van der Waals surface area (Å²) in [5, 5.41) is 7.68. The maximum atomic E-state index is 12.7. The Bertz CT molecular complexity index is 981. The first kappa shape index (κ1) is 20.0. The number of amides is 1. The standard InChI is InChI=1S/C23H26N4O3/c1-2-30-21-11-7-6-10-20(21)24-22(28)17-27-16-19(18-8-4-3-5-9-18)23(25-27)26-12-14-29-15-13-26/h3-11,16H,2,12-15,17H2,1H3,(H,24,28). The van der Waals surface area contributed by atoms with Crippen molar-refractivity contribution in [3.63, 3.8) is 0 Å². The molecule has 4 rings (SSSR count). The lowest BCUT2D eigenvalue weighted by molar-refractivity contribution is -0.116. The van der Waals surface area contributed by atoms with Crippen LogP contribution >= 0.6 is 0 Å². The molecule has 1 aliphatic heterocycles. The minimum Gasteiger partial charge on any atom is -0.492 e. The van der Waals surface area contributed by atoms with Gasteiger partial charge in [-0.3, -0.25) is 9.48 Å². The van der Waals surface area contributed by atoms with Crippen LogP contribution in [-0.4, -0.2) is 48.6 Å².